The fourth-order valence-corrected chi connectivity index (χ4v) is 1.67. The van der Waals surface area contributed by atoms with Crippen LogP contribution < -0.4 is 5.32 Å². The fraction of sp³-hybridized carbons (Fsp3) is 0.778. The van der Waals surface area contributed by atoms with Gasteiger partial charge in [0, 0.05) is 6.42 Å². The van der Waals surface area contributed by atoms with Gasteiger partial charge in [-0.3, -0.25) is 0 Å². The van der Waals surface area contributed by atoms with E-state index in [0.29, 0.717) is 18.1 Å². The van der Waals surface area contributed by atoms with Gasteiger partial charge in [0.2, 0.25) is 5.89 Å². The van der Waals surface area contributed by atoms with E-state index in [9.17, 15) is 0 Å². The summed E-state index contributed by atoms with van der Waals surface area (Å²) in [5, 5.41) is 15.8. The highest BCUT2D eigenvalue weighted by molar-refractivity contribution is 4.94. The van der Waals surface area contributed by atoms with Gasteiger partial charge in [-0.25, -0.2) is 0 Å². The van der Waals surface area contributed by atoms with Crippen molar-refractivity contribution in [2.24, 2.45) is 0 Å². The highest BCUT2D eigenvalue weighted by atomic mass is 16.5. The molecule has 0 aromatic carbocycles. The first-order valence-electron chi connectivity index (χ1n) is 5.07. The number of rotatable bonds is 3. The largest absolute Gasteiger partial charge is 0.396 e. The van der Waals surface area contributed by atoms with E-state index < -0.39 is 0 Å². The molecule has 1 fully saturated rings. The minimum absolute atomic E-state index is 0.0665. The van der Waals surface area contributed by atoms with Gasteiger partial charge in [-0.15, -0.1) is 0 Å². The Morgan fingerprint density at radius 2 is 2.43 bits per heavy atom. The van der Waals surface area contributed by atoms with Crippen molar-refractivity contribution in [2.75, 3.05) is 13.2 Å². The number of aliphatic hydroxyl groups excluding tert-OH is 1. The number of aliphatic hydroxyl groups is 1. The molecule has 78 valence electrons. The number of hydrogen-bond acceptors (Lipinski definition) is 5. The van der Waals surface area contributed by atoms with Gasteiger partial charge in [0.1, 0.15) is 0 Å². The maximum atomic E-state index is 8.70. The van der Waals surface area contributed by atoms with Crippen LogP contribution in [0.25, 0.3) is 0 Å². The molecule has 0 radical (unpaired) electrons. The van der Waals surface area contributed by atoms with Crippen molar-refractivity contribution < 1.29 is 9.63 Å². The second kappa shape index (κ2) is 4.52. The summed E-state index contributed by atoms with van der Waals surface area (Å²) in [6, 6.07) is 0.212. The molecule has 1 aromatic rings. The monoisotopic (exact) mass is 197 g/mol. The fourth-order valence-electron chi connectivity index (χ4n) is 1.67. The van der Waals surface area contributed by atoms with E-state index in [1.807, 2.05) is 0 Å². The van der Waals surface area contributed by atoms with Crippen LogP contribution in [-0.2, 0) is 6.42 Å². The van der Waals surface area contributed by atoms with Crippen LogP contribution in [0, 0.1) is 0 Å². The number of hydrogen-bond donors (Lipinski definition) is 2. The maximum absolute atomic E-state index is 8.70. The normalized spacial score (nSPS) is 22.5. The van der Waals surface area contributed by atoms with E-state index in [1.165, 1.54) is 12.8 Å². The Kier molecular flexibility index (Phi) is 3.10. The quantitative estimate of drug-likeness (QED) is 0.734. The molecule has 5 heteroatoms. The van der Waals surface area contributed by atoms with E-state index in [1.54, 1.807) is 0 Å². The van der Waals surface area contributed by atoms with Crippen LogP contribution in [-0.4, -0.2) is 28.4 Å². The van der Waals surface area contributed by atoms with Crippen LogP contribution in [0.4, 0.5) is 0 Å². The van der Waals surface area contributed by atoms with Crippen molar-refractivity contribution in [1.29, 1.82) is 0 Å². The zero-order chi connectivity index (χ0) is 9.80. The number of nitrogens with one attached hydrogen (secondary N) is 1. The maximum Gasteiger partial charge on any atom is 0.243 e. The third-order valence-corrected chi connectivity index (χ3v) is 2.43. The number of nitrogens with zero attached hydrogens (tertiary/aromatic N) is 2. The lowest BCUT2D eigenvalue weighted by Gasteiger charge is -2.19. The van der Waals surface area contributed by atoms with E-state index >= 15 is 0 Å². The summed E-state index contributed by atoms with van der Waals surface area (Å²) < 4.78 is 5.12. The van der Waals surface area contributed by atoms with Crippen LogP contribution in [0.2, 0.25) is 0 Å². The van der Waals surface area contributed by atoms with Crippen molar-refractivity contribution >= 4 is 0 Å². The molecule has 2 N–H and O–H groups in total. The van der Waals surface area contributed by atoms with Crippen LogP contribution in [0.3, 0.4) is 0 Å². The predicted octanol–water partition coefficient (Wildman–Crippen LogP) is 0.419. The minimum Gasteiger partial charge on any atom is -0.396 e. The Labute approximate surface area is 82.5 Å². The van der Waals surface area contributed by atoms with E-state index in [0.717, 1.165) is 13.0 Å². The molecule has 0 aliphatic carbocycles. The number of aromatic nitrogens is 2. The summed E-state index contributed by atoms with van der Waals surface area (Å²) in [4.78, 5) is 4.22. The van der Waals surface area contributed by atoms with Crippen LogP contribution in [0.5, 0.6) is 0 Å². The van der Waals surface area contributed by atoms with Gasteiger partial charge >= 0.3 is 0 Å². The van der Waals surface area contributed by atoms with Crippen molar-refractivity contribution in [3.63, 3.8) is 0 Å². The van der Waals surface area contributed by atoms with Crippen molar-refractivity contribution in [2.45, 2.75) is 31.7 Å². The Bertz CT molecular complexity index is 281. The molecular formula is C9H15N3O2. The van der Waals surface area contributed by atoms with E-state index in [4.69, 9.17) is 9.63 Å². The Hall–Kier alpha value is -0.940. The summed E-state index contributed by atoms with van der Waals surface area (Å²) in [6.07, 6.45) is 3.94. The van der Waals surface area contributed by atoms with Crippen molar-refractivity contribution in [3.05, 3.63) is 11.7 Å². The molecular weight excluding hydrogens is 182 g/mol. The second-order valence-corrected chi connectivity index (χ2v) is 3.52. The van der Waals surface area contributed by atoms with Crippen molar-refractivity contribution in [3.8, 4) is 0 Å². The minimum atomic E-state index is 0.0665. The molecule has 14 heavy (non-hydrogen) atoms. The summed E-state index contributed by atoms with van der Waals surface area (Å²) >= 11 is 0. The lowest BCUT2D eigenvalue weighted by molar-refractivity contribution is 0.285. The zero-order valence-corrected chi connectivity index (χ0v) is 8.07. The van der Waals surface area contributed by atoms with Gasteiger partial charge in [-0.2, -0.15) is 4.98 Å². The lowest BCUT2D eigenvalue weighted by Crippen LogP contribution is -2.27. The smallest absolute Gasteiger partial charge is 0.243 e. The Morgan fingerprint density at radius 3 is 3.14 bits per heavy atom. The average molecular weight is 197 g/mol. The van der Waals surface area contributed by atoms with Gasteiger partial charge in [0.25, 0.3) is 0 Å². The van der Waals surface area contributed by atoms with Gasteiger partial charge < -0.3 is 14.9 Å². The van der Waals surface area contributed by atoms with Crippen molar-refractivity contribution in [1.82, 2.24) is 15.5 Å². The SMILES string of the molecule is OCCc1noc(C2CCCCN2)n1. The molecule has 0 bridgehead atoms. The van der Waals surface area contributed by atoms with E-state index in [2.05, 4.69) is 15.5 Å². The summed E-state index contributed by atoms with van der Waals surface area (Å²) in [5.41, 5.74) is 0. The second-order valence-electron chi connectivity index (χ2n) is 3.52. The Morgan fingerprint density at radius 1 is 1.50 bits per heavy atom. The molecule has 0 spiro atoms. The van der Waals surface area contributed by atoms with Crippen LogP contribution >= 0.6 is 0 Å². The van der Waals surface area contributed by atoms with Gasteiger partial charge in [0.05, 0.1) is 12.6 Å². The molecule has 2 heterocycles. The first-order chi connectivity index (χ1) is 6.90. The molecule has 1 aliphatic heterocycles. The molecule has 0 saturated carbocycles. The van der Waals surface area contributed by atoms with Crippen LogP contribution in [0.15, 0.2) is 4.52 Å². The van der Waals surface area contributed by atoms with E-state index in [-0.39, 0.29) is 12.6 Å². The molecule has 1 aliphatic rings. The number of piperidine rings is 1. The van der Waals surface area contributed by atoms with Crippen LogP contribution in [0.1, 0.15) is 37.0 Å². The third kappa shape index (κ3) is 2.10. The molecule has 1 atom stereocenters. The highest BCUT2D eigenvalue weighted by Gasteiger charge is 2.20. The molecule has 0 amide bonds. The molecule has 1 aromatic heterocycles. The van der Waals surface area contributed by atoms with Gasteiger partial charge in [-0.1, -0.05) is 11.6 Å². The Balaban J connectivity index is 2.00. The predicted molar refractivity (Wildman–Crippen MR) is 49.7 cm³/mol. The topological polar surface area (TPSA) is 71.2 Å². The standard InChI is InChI=1S/C9H15N3O2/c13-6-4-8-11-9(14-12-8)7-3-1-2-5-10-7/h7,10,13H,1-6H2. The molecule has 1 unspecified atom stereocenters. The molecule has 2 rings (SSSR count). The average Bonchev–Trinajstić information content (AvgIpc) is 2.68. The first-order valence-corrected chi connectivity index (χ1v) is 5.07. The lowest BCUT2D eigenvalue weighted by atomic mass is 10.1. The first kappa shape index (κ1) is 9.61. The highest BCUT2D eigenvalue weighted by Crippen LogP contribution is 2.20. The molecule has 1 saturated heterocycles. The van der Waals surface area contributed by atoms with Gasteiger partial charge in [-0.05, 0) is 19.4 Å². The third-order valence-electron chi connectivity index (χ3n) is 2.43. The summed E-state index contributed by atoms with van der Waals surface area (Å²) in [6.45, 7) is 1.08. The summed E-state index contributed by atoms with van der Waals surface area (Å²) in [5.74, 6) is 1.25. The summed E-state index contributed by atoms with van der Waals surface area (Å²) in [7, 11) is 0. The van der Waals surface area contributed by atoms with Gasteiger partial charge in [0.15, 0.2) is 5.82 Å². The molecule has 5 nitrogen and oxygen atoms in total. The zero-order valence-electron chi connectivity index (χ0n) is 8.07.